The van der Waals surface area contributed by atoms with E-state index in [0.717, 1.165) is 21.7 Å². The van der Waals surface area contributed by atoms with E-state index in [1.807, 2.05) is 38.9 Å². The summed E-state index contributed by atoms with van der Waals surface area (Å²) in [6.07, 6.45) is 3.44. The third-order valence-corrected chi connectivity index (χ3v) is 6.65. The highest BCUT2D eigenvalue weighted by atomic mass is 35.5. The van der Waals surface area contributed by atoms with Gasteiger partial charge >= 0.3 is 0 Å². The lowest BCUT2D eigenvalue weighted by atomic mass is 10.2. The Labute approximate surface area is 182 Å². The van der Waals surface area contributed by atoms with E-state index < -0.39 is 10.0 Å². The Bertz CT molecular complexity index is 1170. The van der Waals surface area contributed by atoms with Crippen LogP contribution in [0.2, 0.25) is 5.02 Å². The van der Waals surface area contributed by atoms with Gasteiger partial charge in [0.05, 0.1) is 17.0 Å². The minimum Gasteiger partial charge on any atom is -0.493 e. The lowest BCUT2D eigenvalue weighted by Crippen LogP contribution is -2.13. The van der Waals surface area contributed by atoms with Gasteiger partial charge in [-0.15, -0.1) is 0 Å². The van der Waals surface area contributed by atoms with Crippen LogP contribution >= 0.6 is 11.6 Å². The first-order chi connectivity index (χ1) is 14.1. The molecular formula is C22H25ClN2O4S. The second-order valence-electron chi connectivity index (χ2n) is 7.28. The van der Waals surface area contributed by atoms with E-state index in [1.54, 1.807) is 37.4 Å². The molecule has 0 aliphatic rings. The van der Waals surface area contributed by atoms with Gasteiger partial charge in [-0.2, -0.15) is 0 Å². The van der Waals surface area contributed by atoms with Crippen molar-refractivity contribution >= 4 is 27.2 Å². The number of nitrogens with zero attached hydrogens (tertiary/aromatic N) is 2. The molecular weight excluding hydrogens is 424 g/mol. The number of furan rings is 1. The molecule has 3 rings (SSSR count). The Balaban J connectivity index is 2.11. The van der Waals surface area contributed by atoms with Gasteiger partial charge in [0, 0.05) is 18.8 Å². The standard InChI is InChI=1S/C22H25ClN2O4S/c1-15-6-8-17(9-7-15)30(26,27)25-13-11-18(23)21(25)19-14-20(28-5)22(29-19)16(2)10-12-24(3)4/h6-11,13-14H,12H2,1-5H3/b16-10+. The molecule has 0 aliphatic heterocycles. The van der Waals surface area contributed by atoms with Gasteiger partial charge in [-0.25, -0.2) is 12.4 Å². The van der Waals surface area contributed by atoms with Crippen LogP contribution in [0.15, 0.2) is 58.0 Å². The topological polar surface area (TPSA) is 64.7 Å². The maximum Gasteiger partial charge on any atom is 0.268 e. The number of rotatable bonds is 7. The van der Waals surface area contributed by atoms with E-state index in [0.29, 0.717) is 17.3 Å². The quantitative estimate of drug-likeness (QED) is 0.513. The molecule has 0 bridgehead atoms. The predicted molar refractivity (Wildman–Crippen MR) is 120 cm³/mol. The van der Waals surface area contributed by atoms with Gasteiger partial charge in [-0.3, -0.25) is 0 Å². The van der Waals surface area contributed by atoms with Crippen LogP contribution in [-0.2, 0) is 10.0 Å². The Hall–Kier alpha value is -2.48. The first kappa shape index (κ1) is 22.2. The number of likely N-dealkylation sites (N-methyl/N-ethyl adjacent to an activating group) is 1. The number of ether oxygens (including phenoxy) is 1. The molecule has 8 heteroatoms. The Morgan fingerprint density at radius 1 is 1.23 bits per heavy atom. The normalized spacial score (nSPS) is 12.6. The summed E-state index contributed by atoms with van der Waals surface area (Å²) in [7, 11) is 1.63. The van der Waals surface area contributed by atoms with Crippen LogP contribution in [0.5, 0.6) is 5.75 Å². The van der Waals surface area contributed by atoms with Crippen LogP contribution in [-0.4, -0.2) is 45.0 Å². The summed E-state index contributed by atoms with van der Waals surface area (Å²) in [5.74, 6) is 1.35. The molecule has 0 radical (unpaired) electrons. The zero-order chi connectivity index (χ0) is 22.1. The summed E-state index contributed by atoms with van der Waals surface area (Å²) in [4.78, 5) is 2.19. The van der Waals surface area contributed by atoms with Crippen molar-refractivity contribution in [3.63, 3.8) is 0 Å². The van der Waals surface area contributed by atoms with Gasteiger partial charge in [0.2, 0.25) is 0 Å². The SMILES string of the molecule is COc1cc(-c2c(Cl)ccn2S(=O)(=O)c2ccc(C)cc2)oc1/C(C)=C/CN(C)C. The van der Waals surface area contributed by atoms with Crippen molar-refractivity contribution in [3.8, 4) is 17.2 Å². The van der Waals surface area contributed by atoms with Crippen LogP contribution in [0, 0.1) is 6.92 Å². The summed E-state index contributed by atoms with van der Waals surface area (Å²) < 4.78 is 39.1. The van der Waals surface area contributed by atoms with E-state index >= 15 is 0 Å². The summed E-state index contributed by atoms with van der Waals surface area (Å²) in [6, 6.07) is 9.85. The fourth-order valence-corrected chi connectivity index (χ4v) is 4.62. The van der Waals surface area contributed by atoms with Crippen LogP contribution in [0.3, 0.4) is 0 Å². The van der Waals surface area contributed by atoms with Crippen LogP contribution in [0.25, 0.3) is 17.0 Å². The van der Waals surface area contributed by atoms with E-state index in [9.17, 15) is 8.42 Å². The van der Waals surface area contributed by atoms with Gasteiger partial charge in [-0.05, 0) is 51.7 Å². The number of aryl methyl sites for hydroxylation is 1. The molecule has 0 spiro atoms. The average molecular weight is 449 g/mol. The lowest BCUT2D eigenvalue weighted by molar-refractivity contribution is 0.402. The van der Waals surface area contributed by atoms with Crippen LogP contribution < -0.4 is 4.74 Å². The Morgan fingerprint density at radius 3 is 2.50 bits per heavy atom. The number of aromatic nitrogens is 1. The molecule has 0 N–H and O–H groups in total. The predicted octanol–water partition coefficient (Wildman–Crippen LogP) is 4.92. The minimum atomic E-state index is -3.86. The minimum absolute atomic E-state index is 0.169. The second-order valence-corrected chi connectivity index (χ2v) is 9.51. The van der Waals surface area contributed by atoms with E-state index in [1.165, 1.54) is 12.3 Å². The van der Waals surface area contributed by atoms with Crippen molar-refractivity contribution in [1.29, 1.82) is 0 Å². The van der Waals surface area contributed by atoms with Gasteiger partial charge in [0.1, 0.15) is 5.69 Å². The van der Waals surface area contributed by atoms with Crippen molar-refractivity contribution in [3.05, 3.63) is 65.0 Å². The molecule has 0 saturated heterocycles. The zero-order valence-corrected chi connectivity index (χ0v) is 19.2. The molecule has 160 valence electrons. The molecule has 0 aliphatic carbocycles. The average Bonchev–Trinajstić information content (AvgIpc) is 3.30. The van der Waals surface area contributed by atoms with Crippen molar-refractivity contribution in [2.24, 2.45) is 0 Å². The molecule has 0 fully saturated rings. The van der Waals surface area contributed by atoms with E-state index in [-0.39, 0.29) is 15.6 Å². The van der Waals surface area contributed by atoms with Gasteiger partial charge in [0.25, 0.3) is 10.0 Å². The molecule has 1 aromatic carbocycles. The smallest absolute Gasteiger partial charge is 0.268 e. The number of benzene rings is 1. The maximum atomic E-state index is 13.2. The van der Waals surface area contributed by atoms with Crippen LogP contribution in [0.1, 0.15) is 18.2 Å². The van der Waals surface area contributed by atoms with Crippen molar-refractivity contribution in [2.75, 3.05) is 27.7 Å². The monoisotopic (exact) mass is 448 g/mol. The van der Waals surface area contributed by atoms with Crippen LogP contribution in [0.4, 0.5) is 0 Å². The van der Waals surface area contributed by atoms with E-state index in [2.05, 4.69) is 0 Å². The Kier molecular flexibility index (Phi) is 6.45. The van der Waals surface area contributed by atoms with E-state index in [4.69, 9.17) is 20.8 Å². The van der Waals surface area contributed by atoms with Gasteiger partial charge < -0.3 is 14.1 Å². The third-order valence-electron chi connectivity index (χ3n) is 4.65. The number of hydrogen-bond acceptors (Lipinski definition) is 5. The van der Waals surface area contributed by atoms with Gasteiger partial charge in [-0.1, -0.05) is 35.4 Å². The molecule has 6 nitrogen and oxygen atoms in total. The number of allylic oxidation sites excluding steroid dienone is 1. The Morgan fingerprint density at radius 2 is 1.90 bits per heavy atom. The first-order valence-electron chi connectivity index (χ1n) is 9.34. The first-order valence-corrected chi connectivity index (χ1v) is 11.2. The second kappa shape index (κ2) is 8.71. The highest BCUT2D eigenvalue weighted by Crippen LogP contribution is 2.39. The molecule has 3 aromatic rings. The van der Waals surface area contributed by atoms with Gasteiger partial charge in [0.15, 0.2) is 17.3 Å². The van der Waals surface area contributed by atoms with Crippen molar-refractivity contribution < 1.29 is 17.6 Å². The number of halogens is 1. The fraction of sp³-hybridized carbons (Fsp3) is 0.273. The summed E-state index contributed by atoms with van der Waals surface area (Å²) >= 11 is 6.38. The highest BCUT2D eigenvalue weighted by molar-refractivity contribution is 7.90. The molecule has 2 heterocycles. The number of hydrogen-bond donors (Lipinski definition) is 0. The zero-order valence-electron chi connectivity index (χ0n) is 17.6. The molecule has 30 heavy (non-hydrogen) atoms. The fourth-order valence-electron chi connectivity index (χ4n) is 2.97. The molecule has 2 aromatic heterocycles. The van der Waals surface area contributed by atoms with Crippen molar-refractivity contribution in [2.45, 2.75) is 18.7 Å². The summed E-state index contributed by atoms with van der Waals surface area (Å²) in [5, 5.41) is 0.267. The number of methoxy groups -OCH3 is 1. The highest BCUT2D eigenvalue weighted by Gasteiger charge is 2.26. The third kappa shape index (κ3) is 4.33. The maximum absolute atomic E-state index is 13.2. The molecule has 0 atom stereocenters. The molecule has 0 saturated carbocycles. The van der Waals surface area contributed by atoms with Crippen molar-refractivity contribution in [1.82, 2.24) is 8.87 Å². The largest absolute Gasteiger partial charge is 0.493 e. The lowest BCUT2D eigenvalue weighted by Gasteiger charge is -2.10. The summed E-state index contributed by atoms with van der Waals surface area (Å²) in [6.45, 7) is 4.54. The molecule has 0 amide bonds. The molecule has 0 unspecified atom stereocenters. The summed E-state index contributed by atoms with van der Waals surface area (Å²) in [5.41, 5.74) is 2.10.